The Morgan fingerprint density at radius 1 is 1.23 bits per heavy atom. The Balaban J connectivity index is 1.39. The van der Waals surface area contributed by atoms with E-state index >= 15 is 0 Å². The summed E-state index contributed by atoms with van der Waals surface area (Å²) in [6.07, 6.45) is 3.17. The van der Waals surface area contributed by atoms with Crippen LogP contribution in [0.25, 0.3) is 11.5 Å². The van der Waals surface area contributed by atoms with Crippen LogP contribution in [0.4, 0.5) is 10.1 Å². The molecule has 1 saturated heterocycles. The van der Waals surface area contributed by atoms with E-state index in [-0.39, 0.29) is 29.7 Å². The number of amides is 2. The van der Waals surface area contributed by atoms with Gasteiger partial charge >= 0.3 is 0 Å². The number of anilines is 1. The molecular weight excluding hydrogens is 399 g/mol. The lowest BCUT2D eigenvalue weighted by Crippen LogP contribution is -2.37. The Labute approximate surface area is 179 Å². The number of carbonyl (C=O) groups excluding carboxylic acids is 2. The van der Waals surface area contributed by atoms with Gasteiger partial charge in [-0.15, -0.1) is 0 Å². The number of nitrogens with zero attached hydrogens (tertiary/aromatic N) is 2. The van der Waals surface area contributed by atoms with Crippen molar-refractivity contribution in [3.8, 4) is 11.5 Å². The molecule has 7 nitrogen and oxygen atoms in total. The second kappa shape index (κ2) is 9.09. The molecule has 0 aliphatic carbocycles. The number of aromatic nitrogens is 1. The van der Waals surface area contributed by atoms with Crippen LogP contribution in [0.15, 0.2) is 59.2 Å². The van der Waals surface area contributed by atoms with E-state index in [1.807, 2.05) is 42.3 Å². The van der Waals surface area contributed by atoms with Crippen LogP contribution in [0.1, 0.15) is 28.9 Å². The Bertz CT molecular complexity index is 1080. The molecule has 1 atom stereocenters. The number of likely N-dealkylation sites (N-methyl/N-ethyl adjacent to an activating group) is 1. The smallest absolute Gasteiger partial charge is 0.251 e. The molecule has 2 N–H and O–H groups in total. The Kier molecular flexibility index (Phi) is 6.08. The quantitative estimate of drug-likeness (QED) is 0.635. The molecule has 1 aromatic heterocycles. The van der Waals surface area contributed by atoms with Crippen molar-refractivity contribution in [3.05, 3.63) is 71.9 Å². The Morgan fingerprint density at radius 3 is 2.77 bits per heavy atom. The van der Waals surface area contributed by atoms with E-state index in [4.69, 9.17) is 4.42 Å². The average molecular weight is 422 g/mol. The van der Waals surface area contributed by atoms with Gasteiger partial charge in [-0.05, 0) is 56.8 Å². The second-order valence-corrected chi connectivity index (χ2v) is 7.55. The van der Waals surface area contributed by atoms with Crippen molar-refractivity contribution in [2.45, 2.75) is 25.4 Å². The summed E-state index contributed by atoms with van der Waals surface area (Å²) in [7, 11) is 1.88. The highest BCUT2D eigenvalue weighted by Crippen LogP contribution is 2.20. The highest BCUT2D eigenvalue weighted by Gasteiger charge is 2.27. The maximum Gasteiger partial charge on any atom is 0.251 e. The van der Waals surface area contributed by atoms with Crippen LogP contribution in [0.3, 0.4) is 0 Å². The number of nitrogens with one attached hydrogen (secondary N) is 2. The summed E-state index contributed by atoms with van der Waals surface area (Å²) in [6.45, 7) is 0.975. The van der Waals surface area contributed by atoms with Gasteiger partial charge < -0.3 is 15.1 Å². The minimum Gasteiger partial charge on any atom is -0.444 e. The minimum atomic E-state index is -0.601. The molecule has 0 unspecified atom stereocenters. The predicted molar refractivity (Wildman–Crippen MR) is 114 cm³/mol. The van der Waals surface area contributed by atoms with E-state index in [1.165, 1.54) is 18.4 Å². The van der Waals surface area contributed by atoms with Crippen molar-refractivity contribution >= 4 is 17.5 Å². The lowest BCUT2D eigenvalue weighted by Gasteiger charge is -2.18. The van der Waals surface area contributed by atoms with E-state index in [2.05, 4.69) is 15.6 Å². The SMILES string of the molecule is CN1CCC[C@@H]1C(=O)Nc1cc(F)cc(C(=O)NCc2coc(-c3ccccc3)n2)c1. The first-order chi connectivity index (χ1) is 15.0. The van der Waals surface area contributed by atoms with Crippen molar-refractivity contribution in [1.29, 1.82) is 0 Å². The fraction of sp³-hybridized carbons (Fsp3) is 0.261. The molecule has 8 heteroatoms. The molecule has 2 amide bonds. The monoisotopic (exact) mass is 422 g/mol. The fourth-order valence-electron chi connectivity index (χ4n) is 3.63. The topological polar surface area (TPSA) is 87.5 Å². The van der Waals surface area contributed by atoms with Crippen LogP contribution < -0.4 is 10.6 Å². The number of hydrogen-bond acceptors (Lipinski definition) is 5. The molecule has 4 rings (SSSR count). The third-order valence-corrected chi connectivity index (χ3v) is 5.25. The summed E-state index contributed by atoms with van der Waals surface area (Å²) in [5.74, 6) is -0.821. The van der Waals surface area contributed by atoms with E-state index in [9.17, 15) is 14.0 Å². The lowest BCUT2D eigenvalue weighted by atomic mass is 10.1. The first-order valence-corrected chi connectivity index (χ1v) is 10.1. The van der Waals surface area contributed by atoms with Gasteiger partial charge in [-0.3, -0.25) is 14.5 Å². The number of rotatable bonds is 6. The van der Waals surface area contributed by atoms with Crippen LogP contribution >= 0.6 is 0 Å². The van der Waals surface area contributed by atoms with Gasteiger partial charge in [0.15, 0.2) is 0 Å². The number of carbonyl (C=O) groups is 2. The predicted octanol–water partition coefficient (Wildman–Crippen LogP) is 3.44. The highest BCUT2D eigenvalue weighted by atomic mass is 19.1. The summed E-state index contributed by atoms with van der Waals surface area (Å²) >= 11 is 0. The van der Waals surface area contributed by atoms with Gasteiger partial charge in [0.25, 0.3) is 5.91 Å². The highest BCUT2D eigenvalue weighted by molar-refractivity contribution is 5.98. The van der Waals surface area contributed by atoms with Crippen LogP contribution in [-0.4, -0.2) is 41.3 Å². The van der Waals surface area contributed by atoms with Crippen molar-refractivity contribution in [2.24, 2.45) is 0 Å². The molecule has 2 aromatic carbocycles. The third kappa shape index (κ3) is 4.97. The summed E-state index contributed by atoms with van der Waals surface area (Å²) < 4.78 is 19.5. The lowest BCUT2D eigenvalue weighted by molar-refractivity contribution is -0.119. The normalized spacial score (nSPS) is 16.3. The Hall–Kier alpha value is -3.52. The molecular formula is C23H23FN4O3. The van der Waals surface area contributed by atoms with Crippen molar-refractivity contribution in [1.82, 2.24) is 15.2 Å². The molecule has 31 heavy (non-hydrogen) atoms. The van der Waals surface area contributed by atoms with Crippen LogP contribution in [0.2, 0.25) is 0 Å². The molecule has 0 saturated carbocycles. The Morgan fingerprint density at radius 2 is 2.03 bits per heavy atom. The van der Waals surface area contributed by atoms with E-state index in [0.29, 0.717) is 11.6 Å². The van der Waals surface area contributed by atoms with Gasteiger partial charge in [0, 0.05) is 16.8 Å². The van der Waals surface area contributed by atoms with E-state index in [0.717, 1.165) is 31.0 Å². The largest absolute Gasteiger partial charge is 0.444 e. The zero-order chi connectivity index (χ0) is 21.8. The zero-order valence-corrected chi connectivity index (χ0v) is 17.1. The standard InChI is InChI=1S/C23H23FN4O3/c1-28-9-5-8-20(28)22(30)26-18-11-16(10-17(24)12-18)21(29)25-13-19-14-31-23(27-19)15-6-3-2-4-7-15/h2-4,6-7,10-12,14,20H,5,8-9,13H2,1H3,(H,25,29)(H,26,30)/t20-/m1/s1. The van der Waals surface area contributed by atoms with E-state index < -0.39 is 11.7 Å². The number of oxazole rings is 1. The zero-order valence-electron chi connectivity index (χ0n) is 17.1. The van der Waals surface area contributed by atoms with Gasteiger partial charge in [-0.25, -0.2) is 9.37 Å². The van der Waals surface area contributed by atoms with E-state index in [1.54, 1.807) is 0 Å². The maximum atomic E-state index is 14.1. The van der Waals surface area contributed by atoms with Crippen LogP contribution in [0, 0.1) is 5.82 Å². The van der Waals surface area contributed by atoms with Crippen molar-refractivity contribution in [2.75, 3.05) is 18.9 Å². The molecule has 0 radical (unpaired) electrons. The molecule has 0 spiro atoms. The maximum absolute atomic E-state index is 14.1. The number of likely N-dealkylation sites (tertiary alicyclic amines) is 1. The molecule has 1 fully saturated rings. The minimum absolute atomic E-state index is 0.113. The van der Waals surface area contributed by atoms with Crippen LogP contribution in [0.5, 0.6) is 0 Å². The number of benzene rings is 2. The third-order valence-electron chi connectivity index (χ3n) is 5.25. The first kappa shape index (κ1) is 20.7. The average Bonchev–Trinajstić information content (AvgIpc) is 3.41. The molecule has 2 heterocycles. The van der Waals surface area contributed by atoms with Crippen LogP contribution in [-0.2, 0) is 11.3 Å². The molecule has 3 aromatic rings. The number of hydrogen-bond donors (Lipinski definition) is 2. The van der Waals surface area contributed by atoms with Gasteiger partial charge in [-0.1, -0.05) is 18.2 Å². The van der Waals surface area contributed by atoms with Gasteiger partial charge in [0.05, 0.1) is 18.3 Å². The molecule has 1 aliphatic rings. The van der Waals surface area contributed by atoms with Crippen molar-refractivity contribution < 1.29 is 18.4 Å². The van der Waals surface area contributed by atoms with Gasteiger partial charge in [0.1, 0.15) is 12.1 Å². The molecule has 0 bridgehead atoms. The number of halogens is 1. The van der Waals surface area contributed by atoms with Crippen molar-refractivity contribution in [3.63, 3.8) is 0 Å². The first-order valence-electron chi connectivity index (χ1n) is 10.1. The summed E-state index contributed by atoms with van der Waals surface area (Å²) in [6, 6.07) is 13.0. The second-order valence-electron chi connectivity index (χ2n) is 7.55. The fourth-order valence-corrected chi connectivity index (χ4v) is 3.63. The summed E-state index contributed by atoms with van der Waals surface area (Å²) in [4.78, 5) is 31.3. The molecule has 1 aliphatic heterocycles. The molecule has 160 valence electrons. The van der Waals surface area contributed by atoms with Gasteiger partial charge in [-0.2, -0.15) is 0 Å². The summed E-state index contributed by atoms with van der Waals surface area (Å²) in [5, 5.41) is 5.42. The summed E-state index contributed by atoms with van der Waals surface area (Å²) in [5.41, 5.74) is 1.74. The van der Waals surface area contributed by atoms with Gasteiger partial charge in [0.2, 0.25) is 11.8 Å².